The van der Waals surface area contributed by atoms with Gasteiger partial charge in [0.2, 0.25) is 0 Å². The first kappa shape index (κ1) is 15.3. The minimum atomic E-state index is 0.0137. The van der Waals surface area contributed by atoms with E-state index in [1.165, 1.54) is 0 Å². The van der Waals surface area contributed by atoms with Crippen molar-refractivity contribution < 1.29 is 4.79 Å². The molecule has 20 heavy (non-hydrogen) atoms. The molecule has 1 heterocycles. The Hall–Kier alpha value is -1.13. The summed E-state index contributed by atoms with van der Waals surface area (Å²) < 4.78 is 2.75. The summed E-state index contributed by atoms with van der Waals surface area (Å²) >= 11 is 9.46. The number of aryl methyl sites for hydroxylation is 2. The molecule has 0 unspecified atom stereocenters. The van der Waals surface area contributed by atoms with E-state index in [1.54, 1.807) is 12.1 Å². The Morgan fingerprint density at radius 2 is 2.10 bits per heavy atom. The van der Waals surface area contributed by atoms with Crippen molar-refractivity contribution in [1.29, 1.82) is 0 Å². The summed E-state index contributed by atoms with van der Waals surface area (Å²) in [7, 11) is 0. The number of nitrogens with zero attached hydrogens (tertiary/aromatic N) is 2. The van der Waals surface area contributed by atoms with Gasteiger partial charge in [0, 0.05) is 22.3 Å². The van der Waals surface area contributed by atoms with Gasteiger partial charge in [-0.25, -0.2) is 0 Å². The monoisotopic (exact) mass is 354 g/mol. The number of benzene rings is 1. The number of rotatable bonds is 5. The topological polar surface area (TPSA) is 34.9 Å². The van der Waals surface area contributed by atoms with E-state index >= 15 is 0 Å². The number of carbonyl (C=O) groups is 1. The normalized spacial score (nSPS) is 10.8. The van der Waals surface area contributed by atoms with Crippen LogP contribution in [0, 0.1) is 0 Å². The van der Waals surface area contributed by atoms with Gasteiger partial charge < -0.3 is 0 Å². The van der Waals surface area contributed by atoms with Crippen molar-refractivity contribution in [1.82, 2.24) is 9.78 Å². The van der Waals surface area contributed by atoms with Crippen molar-refractivity contribution in [3.63, 3.8) is 0 Å². The third-order valence-electron chi connectivity index (χ3n) is 3.15. The Morgan fingerprint density at radius 1 is 1.35 bits per heavy atom. The molecule has 5 heteroatoms. The lowest BCUT2D eigenvalue weighted by molar-refractivity contribution is 0.0990. The summed E-state index contributed by atoms with van der Waals surface area (Å²) in [5.74, 6) is 0.0137. The first-order valence-corrected chi connectivity index (χ1v) is 7.76. The van der Waals surface area contributed by atoms with E-state index in [-0.39, 0.29) is 5.78 Å². The Bertz CT molecular complexity index is 637. The van der Waals surface area contributed by atoms with E-state index in [9.17, 15) is 4.79 Å². The smallest absolute Gasteiger partial charge is 0.170 e. The molecule has 0 aliphatic heterocycles. The third kappa shape index (κ3) is 3.30. The maximum absolute atomic E-state index is 12.4. The van der Waals surface area contributed by atoms with E-state index in [4.69, 9.17) is 11.6 Å². The molecule has 1 aromatic heterocycles. The van der Waals surface area contributed by atoms with Crippen molar-refractivity contribution in [3.05, 3.63) is 50.7 Å². The molecular weight excluding hydrogens is 340 g/mol. The van der Waals surface area contributed by atoms with Gasteiger partial charge in [-0.3, -0.25) is 9.48 Å². The molecule has 0 saturated carbocycles. The van der Waals surface area contributed by atoms with E-state index in [0.717, 1.165) is 28.8 Å². The Morgan fingerprint density at radius 3 is 2.70 bits per heavy atom. The molecule has 2 aromatic rings. The van der Waals surface area contributed by atoms with Gasteiger partial charge in [-0.2, -0.15) is 5.10 Å². The average Bonchev–Trinajstić information content (AvgIpc) is 2.80. The standard InChI is InChI=1S/C15H16BrClN2O/c1-3-11-8-12(19(4-2)18-11)9-15(20)13-6-5-10(16)7-14(13)17/h5-8H,3-4,9H2,1-2H3. The highest BCUT2D eigenvalue weighted by Gasteiger charge is 2.15. The Kier molecular flexibility index (Phi) is 5.00. The molecule has 0 aliphatic carbocycles. The van der Waals surface area contributed by atoms with Gasteiger partial charge in [-0.15, -0.1) is 0 Å². The summed E-state index contributed by atoms with van der Waals surface area (Å²) in [6.07, 6.45) is 1.19. The predicted octanol–water partition coefficient (Wildman–Crippen LogP) is 4.31. The fourth-order valence-electron chi connectivity index (χ4n) is 2.08. The van der Waals surface area contributed by atoms with Crippen LogP contribution in [0.2, 0.25) is 5.02 Å². The minimum Gasteiger partial charge on any atom is -0.294 e. The molecule has 0 saturated heterocycles. The van der Waals surface area contributed by atoms with Crippen molar-refractivity contribution in [2.45, 2.75) is 33.2 Å². The first-order valence-electron chi connectivity index (χ1n) is 6.59. The zero-order valence-corrected chi connectivity index (χ0v) is 13.8. The van der Waals surface area contributed by atoms with E-state index in [2.05, 4.69) is 28.0 Å². The van der Waals surface area contributed by atoms with Crippen LogP contribution in [0.1, 0.15) is 35.6 Å². The zero-order chi connectivity index (χ0) is 14.7. The van der Waals surface area contributed by atoms with Crippen LogP contribution >= 0.6 is 27.5 Å². The molecule has 0 amide bonds. The molecule has 0 spiro atoms. The highest BCUT2D eigenvalue weighted by molar-refractivity contribution is 9.10. The molecule has 0 fully saturated rings. The summed E-state index contributed by atoms with van der Waals surface area (Å²) in [6, 6.07) is 7.31. The average molecular weight is 356 g/mol. The zero-order valence-electron chi connectivity index (χ0n) is 11.5. The maximum atomic E-state index is 12.4. The number of Topliss-reactive ketones (excluding diaryl/α,β-unsaturated/α-hetero) is 1. The second-order valence-corrected chi connectivity index (χ2v) is 5.84. The van der Waals surface area contributed by atoms with Crippen LogP contribution in [0.3, 0.4) is 0 Å². The minimum absolute atomic E-state index is 0.0137. The van der Waals surface area contributed by atoms with Crippen LogP contribution < -0.4 is 0 Å². The molecule has 0 bridgehead atoms. The molecule has 0 aliphatic rings. The molecule has 106 valence electrons. The van der Waals surface area contributed by atoms with Gasteiger partial charge >= 0.3 is 0 Å². The molecule has 0 radical (unpaired) electrons. The van der Waals surface area contributed by atoms with E-state index in [0.29, 0.717) is 17.0 Å². The largest absolute Gasteiger partial charge is 0.294 e. The van der Waals surface area contributed by atoms with Crippen molar-refractivity contribution in [3.8, 4) is 0 Å². The maximum Gasteiger partial charge on any atom is 0.170 e. The Labute approximate surface area is 132 Å². The van der Waals surface area contributed by atoms with Crippen molar-refractivity contribution in [2.24, 2.45) is 0 Å². The summed E-state index contributed by atoms with van der Waals surface area (Å²) in [4.78, 5) is 12.4. The third-order valence-corrected chi connectivity index (χ3v) is 3.95. The fraction of sp³-hybridized carbons (Fsp3) is 0.333. The van der Waals surface area contributed by atoms with Gasteiger partial charge in [0.1, 0.15) is 0 Å². The SMILES string of the molecule is CCc1cc(CC(=O)c2ccc(Br)cc2Cl)n(CC)n1. The first-order chi connectivity index (χ1) is 9.55. The van der Waals surface area contributed by atoms with Crippen LogP contribution in [0.5, 0.6) is 0 Å². The number of aromatic nitrogens is 2. The second-order valence-electron chi connectivity index (χ2n) is 4.52. The number of hydrogen-bond donors (Lipinski definition) is 0. The number of hydrogen-bond acceptors (Lipinski definition) is 2. The molecule has 0 N–H and O–H groups in total. The fourth-order valence-corrected chi connectivity index (χ4v) is 2.86. The highest BCUT2D eigenvalue weighted by Crippen LogP contribution is 2.23. The molecular formula is C15H16BrClN2O. The molecule has 2 rings (SSSR count). The number of ketones is 1. The van der Waals surface area contributed by atoms with Crippen LogP contribution in [-0.4, -0.2) is 15.6 Å². The predicted molar refractivity (Wildman–Crippen MR) is 84.5 cm³/mol. The van der Waals surface area contributed by atoms with Gasteiger partial charge in [0.05, 0.1) is 17.1 Å². The van der Waals surface area contributed by atoms with Crippen molar-refractivity contribution in [2.75, 3.05) is 0 Å². The number of halogens is 2. The van der Waals surface area contributed by atoms with Crippen LogP contribution in [0.15, 0.2) is 28.7 Å². The van der Waals surface area contributed by atoms with Crippen LogP contribution in [0.4, 0.5) is 0 Å². The summed E-state index contributed by atoms with van der Waals surface area (Å²) in [6.45, 7) is 4.84. The van der Waals surface area contributed by atoms with Crippen LogP contribution in [0.25, 0.3) is 0 Å². The lowest BCUT2D eigenvalue weighted by Crippen LogP contribution is -2.10. The van der Waals surface area contributed by atoms with Crippen molar-refractivity contribution >= 4 is 33.3 Å². The quantitative estimate of drug-likeness (QED) is 0.749. The lowest BCUT2D eigenvalue weighted by atomic mass is 10.1. The Balaban J connectivity index is 2.25. The van der Waals surface area contributed by atoms with Gasteiger partial charge in [0.25, 0.3) is 0 Å². The second kappa shape index (κ2) is 6.55. The summed E-state index contributed by atoms with van der Waals surface area (Å²) in [5, 5.41) is 4.93. The van der Waals surface area contributed by atoms with E-state index < -0.39 is 0 Å². The molecule has 1 aromatic carbocycles. The van der Waals surface area contributed by atoms with E-state index in [1.807, 2.05) is 23.7 Å². The van der Waals surface area contributed by atoms with Gasteiger partial charge in [-0.05, 0) is 37.6 Å². The highest BCUT2D eigenvalue weighted by atomic mass is 79.9. The molecule has 0 atom stereocenters. The van der Waals surface area contributed by atoms with Gasteiger partial charge in [0.15, 0.2) is 5.78 Å². The number of carbonyl (C=O) groups excluding carboxylic acids is 1. The lowest BCUT2D eigenvalue weighted by Gasteiger charge is -2.06. The van der Waals surface area contributed by atoms with Crippen LogP contribution in [-0.2, 0) is 19.4 Å². The summed E-state index contributed by atoms with van der Waals surface area (Å²) in [5.41, 5.74) is 2.50. The molecule has 3 nitrogen and oxygen atoms in total. The van der Waals surface area contributed by atoms with Gasteiger partial charge in [-0.1, -0.05) is 34.5 Å².